The zero-order valence-corrected chi connectivity index (χ0v) is 11.1. The van der Waals surface area contributed by atoms with Crippen LogP contribution in [0.15, 0.2) is 53.6 Å². The Morgan fingerprint density at radius 3 is 2.60 bits per heavy atom. The van der Waals surface area contributed by atoms with E-state index in [9.17, 15) is 9.90 Å². The Hall–Kier alpha value is -2.53. The molecule has 2 aromatic carbocycles. The summed E-state index contributed by atoms with van der Waals surface area (Å²) in [4.78, 5) is 11.6. The lowest BCUT2D eigenvalue weighted by molar-refractivity contribution is 0.252. The van der Waals surface area contributed by atoms with Crippen LogP contribution in [0.3, 0.4) is 0 Å². The van der Waals surface area contributed by atoms with Crippen LogP contribution in [0.1, 0.15) is 5.56 Å². The van der Waals surface area contributed by atoms with E-state index in [-0.39, 0.29) is 5.75 Å². The number of amides is 2. The van der Waals surface area contributed by atoms with E-state index in [0.29, 0.717) is 16.3 Å². The normalized spacial score (nSPS) is 10.4. The van der Waals surface area contributed by atoms with E-state index in [0.717, 1.165) is 0 Å². The highest BCUT2D eigenvalue weighted by Crippen LogP contribution is 2.20. The van der Waals surface area contributed by atoms with E-state index in [1.54, 1.807) is 42.5 Å². The molecule has 0 radical (unpaired) electrons. The molecule has 6 heteroatoms. The molecule has 2 aromatic rings. The second kappa shape index (κ2) is 6.58. The Balaban J connectivity index is 1.93. The van der Waals surface area contributed by atoms with Crippen molar-refractivity contribution in [2.24, 2.45) is 5.10 Å². The van der Waals surface area contributed by atoms with Gasteiger partial charge in [-0.15, -0.1) is 0 Å². The summed E-state index contributed by atoms with van der Waals surface area (Å²) in [6, 6.07) is 13.0. The van der Waals surface area contributed by atoms with Gasteiger partial charge in [-0.3, -0.25) is 0 Å². The van der Waals surface area contributed by atoms with Crippen molar-refractivity contribution >= 4 is 29.5 Å². The van der Waals surface area contributed by atoms with Crippen LogP contribution in [0.2, 0.25) is 5.02 Å². The molecule has 0 unspecified atom stereocenters. The summed E-state index contributed by atoms with van der Waals surface area (Å²) in [6.07, 6.45) is 1.35. The van der Waals surface area contributed by atoms with Crippen LogP contribution in [-0.4, -0.2) is 17.4 Å². The van der Waals surface area contributed by atoms with Gasteiger partial charge >= 0.3 is 6.03 Å². The molecule has 0 bridgehead atoms. The molecule has 0 saturated carbocycles. The van der Waals surface area contributed by atoms with E-state index < -0.39 is 6.03 Å². The van der Waals surface area contributed by atoms with E-state index in [2.05, 4.69) is 15.8 Å². The minimum atomic E-state index is -0.523. The topological polar surface area (TPSA) is 73.7 Å². The number of anilines is 1. The van der Waals surface area contributed by atoms with Gasteiger partial charge in [-0.2, -0.15) is 5.10 Å². The van der Waals surface area contributed by atoms with Crippen LogP contribution in [0.25, 0.3) is 0 Å². The van der Waals surface area contributed by atoms with Crippen LogP contribution >= 0.6 is 11.6 Å². The monoisotopic (exact) mass is 289 g/mol. The molecule has 0 spiro atoms. The molecule has 20 heavy (non-hydrogen) atoms. The number of hydrogen-bond acceptors (Lipinski definition) is 3. The molecule has 0 aliphatic carbocycles. The van der Waals surface area contributed by atoms with Gasteiger partial charge in [-0.1, -0.05) is 35.9 Å². The maximum absolute atomic E-state index is 11.6. The quantitative estimate of drug-likeness (QED) is 0.599. The van der Waals surface area contributed by atoms with E-state index in [1.807, 2.05) is 0 Å². The van der Waals surface area contributed by atoms with Crippen molar-refractivity contribution in [3.05, 3.63) is 59.1 Å². The lowest BCUT2D eigenvalue weighted by atomic mass is 10.2. The van der Waals surface area contributed by atoms with E-state index >= 15 is 0 Å². The summed E-state index contributed by atoms with van der Waals surface area (Å²) < 4.78 is 0. The molecule has 2 rings (SSSR count). The Kier molecular flexibility index (Phi) is 4.57. The first-order chi connectivity index (χ1) is 9.66. The smallest absolute Gasteiger partial charge is 0.339 e. The number of carbonyl (C=O) groups excluding carboxylic acids is 1. The number of rotatable bonds is 3. The van der Waals surface area contributed by atoms with Crippen molar-refractivity contribution in [3.8, 4) is 5.75 Å². The number of nitrogens with one attached hydrogen (secondary N) is 2. The highest BCUT2D eigenvalue weighted by Gasteiger charge is 2.03. The minimum Gasteiger partial charge on any atom is -0.507 e. The summed E-state index contributed by atoms with van der Waals surface area (Å²) in [5.41, 5.74) is 3.28. The van der Waals surface area contributed by atoms with Gasteiger partial charge in [0.05, 0.1) is 16.9 Å². The molecule has 0 fully saturated rings. The largest absolute Gasteiger partial charge is 0.507 e. The minimum absolute atomic E-state index is 0.0876. The molecule has 0 saturated heterocycles. The Morgan fingerprint density at radius 2 is 1.85 bits per heavy atom. The number of phenols is 1. The summed E-state index contributed by atoms with van der Waals surface area (Å²) in [5, 5.41) is 16.2. The molecule has 0 heterocycles. The van der Waals surface area contributed by atoms with Gasteiger partial charge in [-0.05, 0) is 24.3 Å². The predicted octanol–water partition coefficient (Wildman–Crippen LogP) is 3.20. The van der Waals surface area contributed by atoms with E-state index in [1.165, 1.54) is 12.3 Å². The highest BCUT2D eigenvalue weighted by molar-refractivity contribution is 6.33. The van der Waals surface area contributed by atoms with Crippen molar-refractivity contribution in [2.45, 2.75) is 0 Å². The highest BCUT2D eigenvalue weighted by atomic mass is 35.5. The second-order valence-electron chi connectivity index (χ2n) is 3.86. The number of benzene rings is 2. The van der Waals surface area contributed by atoms with Gasteiger partial charge in [0.25, 0.3) is 0 Å². The van der Waals surface area contributed by atoms with Crippen LogP contribution < -0.4 is 10.7 Å². The third kappa shape index (κ3) is 3.73. The van der Waals surface area contributed by atoms with Gasteiger partial charge in [0, 0.05) is 5.56 Å². The number of hydrogen-bond donors (Lipinski definition) is 3. The number of urea groups is 1. The molecular formula is C14H12ClN3O2. The standard InChI is InChI=1S/C14H12ClN3O2/c15-11-6-2-3-7-12(11)17-14(20)18-16-9-10-5-1-4-8-13(10)19/h1-9,19H,(H2,17,18,20)/b16-9+. The summed E-state index contributed by atoms with van der Waals surface area (Å²) >= 11 is 5.91. The first-order valence-corrected chi connectivity index (χ1v) is 6.17. The van der Waals surface area contributed by atoms with Gasteiger partial charge in [0.2, 0.25) is 0 Å². The fourth-order valence-electron chi connectivity index (χ4n) is 1.47. The first-order valence-electron chi connectivity index (χ1n) is 5.79. The molecule has 3 N–H and O–H groups in total. The molecule has 102 valence electrons. The molecule has 5 nitrogen and oxygen atoms in total. The maximum Gasteiger partial charge on any atom is 0.339 e. The number of phenolic OH excluding ortho intramolecular Hbond substituents is 1. The molecule has 0 aliphatic heterocycles. The molecule has 0 atom stereocenters. The average Bonchev–Trinajstić information content (AvgIpc) is 2.43. The van der Waals surface area contributed by atoms with E-state index in [4.69, 9.17) is 11.6 Å². The average molecular weight is 290 g/mol. The number of para-hydroxylation sites is 2. The Morgan fingerprint density at radius 1 is 1.15 bits per heavy atom. The number of hydrazone groups is 1. The first kappa shape index (κ1) is 13.9. The van der Waals surface area contributed by atoms with Crippen molar-refractivity contribution in [2.75, 3.05) is 5.32 Å². The third-order valence-electron chi connectivity index (χ3n) is 2.43. The van der Waals surface area contributed by atoms with Crippen molar-refractivity contribution in [1.82, 2.24) is 5.43 Å². The summed E-state index contributed by atoms with van der Waals surface area (Å²) in [6.45, 7) is 0. The lowest BCUT2D eigenvalue weighted by Gasteiger charge is -2.05. The fourth-order valence-corrected chi connectivity index (χ4v) is 1.65. The zero-order valence-electron chi connectivity index (χ0n) is 10.4. The Labute approximate surface area is 120 Å². The number of aromatic hydroxyl groups is 1. The van der Waals surface area contributed by atoms with Crippen molar-refractivity contribution in [3.63, 3.8) is 0 Å². The Bertz CT molecular complexity index is 644. The number of carbonyl (C=O) groups is 1. The van der Waals surface area contributed by atoms with Crippen molar-refractivity contribution in [1.29, 1.82) is 0 Å². The molecular weight excluding hydrogens is 278 g/mol. The van der Waals surface area contributed by atoms with Gasteiger partial charge in [0.1, 0.15) is 5.75 Å². The zero-order chi connectivity index (χ0) is 14.4. The van der Waals surface area contributed by atoms with Crippen LogP contribution in [-0.2, 0) is 0 Å². The number of nitrogens with zero attached hydrogens (tertiary/aromatic N) is 1. The van der Waals surface area contributed by atoms with Crippen LogP contribution in [0, 0.1) is 0 Å². The molecule has 2 amide bonds. The summed E-state index contributed by atoms with van der Waals surface area (Å²) in [7, 11) is 0. The predicted molar refractivity (Wildman–Crippen MR) is 79.3 cm³/mol. The lowest BCUT2D eigenvalue weighted by Crippen LogP contribution is -2.24. The van der Waals surface area contributed by atoms with Crippen molar-refractivity contribution < 1.29 is 9.90 Å². The number of halogens is 1. The van der Waals surface area contributed by atoms with Crippen LogP contribution in [0.4, 0.5) is 10.5 Å². The SMILES string of the molecule is O=C(N/N=C/c1ccccc1O)Nc1ccccc1Cl. The van der Waals surface area contributed by atoms with Gasteiger partial charge < -0.3 is 10.4 Å². The molecule has 0 aromatic heterocycles. The maximum atomic E-state index is 11.6. The fraction of sp³-hybridized carbons (Fsp3) is 0. The summed E-state index contributed by atoms with van der Waals surface area (Å²) in [5.74, 6) is 0.0876. The van der Waals surface area contributed by atoms with Gasteiger partial charge in [0.15, 0.2) is 0 Å². The van der Waals surface area contributed by atoms with Crippen LogP contribution in [0.5, 0.6) is 5.75 Å². The molecule has 0 aliphatic rings. The second-order valence-corrected chi connectivity index (χ2v) is 4.27. The van der Waals surface area contributed by atoms with Gasteiger partial charge in [-0.25, -0.2) is 10.2 Å². The third-order valence-corrected chi connectivity index (χ3v) is 2.76.